The van der Waals surface area contributed by atoms with Crippen molar-refractivity contribution in [2.24, 2.45) is 0 Å². The summed E-state index contributed by atoms with van der Waals surface area (Å²) in [6, 6.07) is 0.400. The van der Waals surface area contributed by atoms with E-state index in [1.54, 1.807) is 7.05 Å². The molecule has 0 saturated heterocycles. The monoisotopic (exact) mass is 228 g/mol. The molecule has 1 rings (SSSR count). The number of carbonyl (C=O) groups is 1. The third kappa shape index (κ3) is 2.74. The van der Waals surface area contributed by atoms with E-state index in [1.165, 1.54) is 0 Å². The van der Waals surface area contributed by atoms with Crippen LogP contribution in [-0.4, -0.2) is 48.2 Å². The van der Waals surface area contributed by atoms with Gasteiger partial charge in [-0.2, -0.15) is 0 Å². The van der Waals surface area contributed by atoms with Gasteiger partial charge in [0.05, 0.1) is 0 Å². The number of rotatable bonds is 5. The molecule has 4 heteroatoms. The molecule has 1 saturated carbocycles. The number of carboxylic acid groups (broad SMARTS) is 1. The fraction of sp³-hybridized carbons (Fsp3) is 0.917. The Kier molecular flexibility index (Phi) is 4.74. The van der Waals surface area contributed by atoms with E-state index in [1.807, 2.05) is 0 Å². The third-order valence-corrected chi connectivity index (χ3v) is 3.81. The standard InChI is InChI=1S/C12H24N2O2/c1-4-8-14(3)10-6-5-7-12(9-10,13-2)11(15)16/h10,13H,4-9H2,1-3H3,(H,15,16). The highest BCUT2D eigenvalue weighted by Gasteiger charge is 2.42. The van der Waals surface area contributed by atoms with Crippen molar-refractivity contribution >= 4 is 5.97 Å². The Hall–Kier alpha value is -0.610. The molecule has 0 amide bonds. The van der Waals surface area contributed by atoms with Crippen LogP contribution in [0.25, 0.3) is 0 Å². The second-order valence-corrected chi connectivity index (χ2v) is 4.87. The van der Waals surface area contributed by atoms with Crippen LogP contribution in [0.3, 0.4) is 0 Å². The molecule has 0 bridgehead atoms. The first kappa shape index (κ1) is 13.5. The van der Waals surface area contributed by atoms with E-state index in [0.717, 1.165) is 38.6 Å². The first-order valence-corrected chi connectivity index (χ1v) is 6.18. The van der Waals surface area contributed by atoms with Gasteiger partial charge in [0.15, 0.2) is 0 Å². The van der Waals surface area contributed by atoms with Gasteiger partial charge in [-0.3, -0.25) is 4.79 Å². The fourth-order valence-corrected chi connectivity index (χ4v) is 2.69. The molecule has 1 aliphatic carbocycles. The zero-order valence-corrected chi connectivity index (χ0v) is 10.6. The number of carboxylic acids is 1. The summed E-state index contributed by atoms with van der Waals surface area (Å²) >= 11 is 0. The van der Waals surface area contributed by atoms with Gasteiger partial charge in [0.2, 0.25) is 0 Å². The molecule has 0 aromatic carbocycles. The highest BCUT2D eigenvalue weighted by Crippen LogP contribution is 2.31. The maximum absolute atomic E-state index is 11.4. The summed E-state index contributed by atoms with van der Waals surface area (Å²) in [6.07, 6.45) is 4.69. The minimum Gasteiger partial charge on any atom is -0.480 e. The summed E-state index contributed by atoms with van der Waals surface area (Å²) < 4.78 is 0. The zero-order valence-electron chi connectivity index (χ0n) is 10.6. The topological polar surface area (TPSA) is 52.6 Å². The van der Waals surface area contributed by atoms with Crippen LogP contribution in [0.5, 0.6) is 0 Å². The van der Waals surface area contributed by atoms with Crippen molar-refractivity contribution in [3.63, 3.8) is 0 Å². The number of hydrogen-bond donors (Lipinski definition) is 2. The van der Waals surface area contributed by atoms with E-state index < -0.39 is 11.5 Å². The molecule has 4 nitrogen and oxygen atoms in total. The van der Waals surface area contributed by atoms with Crippen LogP contribution in [0, 0.1) is 0 Å². The summed E-state index contributed by atoms with van der Waals surface area (Å²) in [5, 5.41) is 12.4. The predicted octanol–water partition coefficient (Wildman–Crippen LogP) is 1.31. The zero-order chi connectivity index (χ0) is 12.2. The second kappa shape index (κ2) is 5.64. The predicted molar refractivity (Wildman–Crippen MR) is 64.6 cm³/mol. The Morgan fingerprint density at radius 2 is 2.31 bits per heavy atom. The van der Waals surface area contributed by atoms with Crippen molar-refractivity contribution in [1.82, 2.24) is 10.2 Å². The highest BCUT2D eigenvalue weighted by atomic mass is 16.4. The van der Waals surface area contributed by atoms with E-state index in [0.29, 0.717) is 6.04 Å². The summed E-state index contributed by atoms with van der Waals surface area (Å²) in [7, 11) is 3.86. The molecule has 0 aromatic heterocycles. The Morgan fingerprint density at radius 1 is 1.62 bits per heavy atom. The SMILES string of the molecule is CCCN(C)C1CCCC(NC)(C(=O)O)C1. The molecule has 2 N–H and O–H groups in total. The van der Waals surface area contributed by atoms with Crippen molar-refractivity contribution < 1.29 is 9.90 Å². The molecule has 0 spiro atoms. The first-order valence-electron chi connectivity index (χ1n) is 6.18. The van der Waals surface area contributed by atoms with Gasteiger partial charge in [-0.05, 0) is 52.7 Å². The van der Waals surface area contributed by atoms with E-state index in [2.05, 4.69) is 24.2 Å². The summed E-state index contributed by atoms with van der Waals surface area (Å²) in [5.74, 6) is -0.704. The summed E-state index contributed by atoms with van der Waals surface area (Å²) in [4.78, 5) is 13.7. The van der Waals surface area contributed by atoms with Gasteiger partial charge in [0.1, 0.15) is 5.54 Å². The fourth-order valence-electron chi connectivity index (χ4n) is 2.69. The van der Waals surface area contributed by atoms with Gasteiger partial charge in [-0.15, -0.1) is 0 Å². The van der Waals surface area contributed by atoms with Gasteiger partial charge in [-0.25, -0.2) is 0 Å². The Bertz CT molecular complexity index is 245. The van der Waals surface area contributed by atoms with Gasteiger partial charge in [0, 0.05) is 6.04 Å². The van der Waals surface area contributed by atoms with E-state index in [4.69, 9.17) is 0 Å². The minimum absolute atomic E-state index is 0.400. The lowest BCUT2D eigenvalue weighted by Gasteiger charge is -2.41. The average molecular weight is 228 g/mol. The Balaban J connectivity index is 2.68. The molecule has 0 radical (unpaired) electrons. The number of nitrogens with zero attached hydrogens (tertiary/aromatic N) is 1. The van der Waals surface area contributed by atoms with Crippen molar-refractivity contribution in [2.75, 3.05) is 20.6 Å². The van der Waals surface area contributed by atoms with Crippen molar-refractivity contribution in [3.05, 3.63) is 0 Å². The van der Waals surface area contributed by atoms with Gasteiger partial charge in [-0.1, -0.05) is 6.92 Å². The molecular weight excluding hydrogens is 204 g/mol. The van der Waals surface area contributed by atoms with Crippen molar-refractivity contribution in [1.29, 1.82) is 0 Å². The molecule has 0 aliphatic heterocycles. The number of nitrogens with one attached hydrogen (secondary N) is 1. The normalized spacial score (nSPS) is 30.6. The van der Waals surface area contributed by atoms with Gasteiger partial charge in [0.25, 0.3) is 0 Å². The van der Waals surface area contributed by atoms with E-state index >= 15 is 0 Å². The van der Waals surface area contributed by atoms with Gasteiger partial charge >= 0.3 is 5.97 Å². The quantitative estimate of drug-likeness (QED) is 0.745. The summed E-state index contributed by atoms with van der Waals surface area (Å²) in [6.45, 7) is 3.20. The minimum atomic E-state index is -0.704. The van der Waals surface area contributed by atoms with Crippen LogP contribution >= 0.6 is 0 Å². The first-order chi connectivity index (χ1) is 7.55. The molecule has 0 heterocycles. The molecule has 0 aromatic rings. The Labute approximate surface area is 98.0 Å². The molecule has 1 fully saturated rings. The highest BCUT2D eigenvalue weighted by molar-refractivity contribution is 5.79. The number of aliphatic carboxylic acids is 1. The average Bonchev–Trinajstić information content (AvgIpc) is 2.29. The molecule has 94 valence electrons. The van der Waals surface area contributed by atoms with Crippen molar-refractivity contribution in [3.8, 4) is 0 Å². The largest absolute Gasteiger partial charge is 0.480 e. The molecule has 16 heavy (non-hydrogen) atoms. The van der Waals surface area contributed by atoms with Crippen LogP contribution in [0.15, 0.2) is 0 Å². The lowest BCUT2D eigenvalue weighted by molar-refractivity contribution is -0.147. The van der Waals surface area contributed by atoms with Crippen LogP contribution < -0.4 is 5.32 Å². The Morgan fingerprint density at radius 3 is 2.81 bits per heavy atom. The van der Waals surface area contributed by atoms with E-state index in [-0.39, 0.29) is 0 Å². The third-order valence-electron chi connectivity index (χ3n) is 3.81. The molecule has 2 atom stereocenters. The van der Waals surface area contributed by atoms with E-state index in [9.17, 15) is 9.90 Å². The molecule has 2 unspecified atom stereocenters. The molecule has 1 aliphatic rings. The number of hydrogen-bond acceptors (Lipinski definition) is 3. The lowest BCUT2D eigenvalue weighted by Crippen LogP contribution is -2.56. The smallest absolute Gasteiger partial charge is 0.323 e. The maximum atomic E-state index is 11.4. The summed E-state index contributed by atoms with van der Waals surface area (Å²) in [5.41, 5.74) is -0.703. The van der Waals surface area contributed by atoms with Crippen LogP contribution in [0.2, 0.25) is 0 Å². The number of likely N-dealkylation sites (N-methyl/N-ethyl adjacent to an activating group) is 1. The second-order valence-electron chi connectivity index (χ2n) is 4.87. The maximum Gasteiger partial charge on any atom is 0.323 e. The molecular formula is C12H24N2O2. The van der Waals surface area contributed by atoms with Gasteiger partial charge < -0.3 is 15.3 Å². The lowest BCUT2D eigenvalue weighted by atomic mass is 9.78. The van der Waals surface area contributed by atoms with Crippen molar-refractivity contribution in [2.45, 2.75) is 50.6 Å². The van der Waals surface area contributed by atoms with Crippen LogP contribution in [0.1, 0.15) is 39.0 Å². The van der Waals surface area contributed by atoms with Crippen LogP contribution in [-0.2, 0) is 4.79 Å². The van der Waals surface area contributed by atoms with Crippen LogP contribution in [0.4, 0.5) is 0 Å².